The summed E-state index contributed by atoms with van der Waals surface area (Å²) in [6.07, 6.45) is 0.546. The summed E-state index contributed by atoms with van der Waals surface area (Å²) >= 11 is 0. The average Bonchev–Trinajstić information content (AvgIpc) is 3.23. The standard InChI is InChI=1S/C20H20F2N4O4S/c21-19(22)29-16-6-8-17(9-7-16)31(27,28)26-12-10-25(11-13-26)20-23-18(24-30-20)14-15-4-2-1-3-5-15/h1-9,19H,10-14H2. The highest BCUT2D eigenvalue weighted by molar-refractivity contribution is 7.89. The van der Waals surface area contributed by atoms with E-state index < -0.39 is 16.6 Å². The van der Waals surface area contributed by atoms with Crippen molar-refractivity contribution in [2.45, 2.75) is 17.9 Å². The molecule has 1 saturated heterocycles. The van der Waals surface area contributed by atoms with Gasteiger partial charge in [0.15, 0.2) is 5.82 Å². The molecule has 0 aliphatic carbocycles. The highest BCUT2D eigenvalue weighted by atomic mass is 32.2. The van der Waals surface area contributed by atoms with Gasteiger partial charge in [0.05, 0.1) is 4.90 Å². The first-order valence-electron chi connectivity index (χ1n) is 9.58. The van der Waals surface area contributed by atoms with Crippen LogP contribution < -0.4 is 9.64 Å². The Bertz CT molecular complexity index is 1100. The summed E-state index contributed by atoms with van der Waals surface area (Å²) in [6.45, 7) is -1.73. The largest absolute Gasteiger partial charge is 0.435 e. The summed E-state index contributed by atoms with van der Waals surface area (Å²) in [5.41, 5.74) is 1.07. The summed E-state index contributed by atoms with van der Waals surface area (Å²) in [4.78, 5) is 6.27. The van der Waals surface area contributed by atoms with Crippen LogP contribution in [0.3, 0.4) is 0 Å². The molecule has 0 saturated carbocycles. The minimum absolute atomic E-state index is 0.0190. The van der Waals surface area contributed by atoms with Gasteiger partial charge in [-0.25, -0.2) is 8.42 Å². The maximum atomic E-state index is 12.8. The van der Waals surface area contributed by atoms with Crippen molar-refractivity contribution in [2.24, 2.45) is 0 Å². The molecule has 1 aliphatic rings. The lowest BCUT2D eigenvalue weighted by Gasteiger charge is -2.32. The minimum Gasteiger partial charge on any atom is -0.435 e. The zero-order chi connectivity index (χ0) is 21.8. The second kappa shape index (κ2) is 8.98. The number of hydrogen-bond acceptors (Lipinski definition) is 7. The van der Waals surface area contributed by atoms with Crippen molar-refractivity contribution in [1.29, 1.82) is 0 Å². The van der Waals surface area contributed by atoms with Crippen LogP contribution >= 0.6 is 0 Å². The SMILES string of the molecule is O=S(=O)(c1ccc(OC(F)F)cc1)N1CCN(c2nc(Cc3ccccc3)no2)CC1. The number of alkyl halides is 2. The van der Waals surface area contributed by atoms with Crippen molar-refractivity contribution >= 4 is 16.0 Å². The molecule has 0 amide bonds. The molecule has 0 bridgehead atoms. The monoisotopic (exact) mass is 450 g/mol. The average molecular weight is 450 g/mol. The minimum atomic E-state index is -3.75. The Morgan fingerprint density at radius 1 is 1.00 bits per heavy atom. The van der Waals surface area contributed by atoms with Crippen molar-refractivity contribution in [3.05, 3.63) is 66.0 Å². The van der Waals surface area contributed by atoms with Crippen molar-refractivity contribution in [2.75, 3.05) is 31.1 Å². The number of rotatable bonds is 7. The first-order valence-corrected chi connectivity index (χ1v) is 11.0. The van der Waals surface area contributed by atoms with Gasteiger partial charge in [0.1, 0.15) is 5.75 Å². The molecule has 1 aromatic heterocycles. The van der Waals surface area contributed by atoms with E-state index in [2.05, 4.69) is 14.9 Å². The summed E-state index contributed by atoms with van der Waals surface area (Å²) < 4.78 is 61.1. The maximum absolute atomic E-state index is 12.8. The van der Waals surface area contributed by atoms with Gasteiger partial charge in [-0.1, -0.05) is 35.5 Å². The highest BCUT2D eigenvalue weighted by Crippen LogP contribution is 2.23. The molecule has 2 heterocycles. The first-order chi connectivity index (χ1) is 14.9. The summed E-state index contributed by atoms with van der Waals surface area (Å²) in [7, 11) is -3.75. The summed E-state index contributed by atoms with van der Waals surface area (Å²) in [5.74, 6) is 0.462. The second-order valence-corrected chi connectivity index (χ2v) is 8.83. The number of benzene rings is 2. The van der Waals surface area contributed by atoms with Crippen LogP contribution in [0.15, 0.2) is 64.0 Å². The van der Waals surface area contributed by atoms with E-state index in [1.807, 2.05) is 35.2 Å². The third-order valence-electron chi connectivity index (χ3n) is 4.86. The van der Waals surface area contributed by atoms with Gasteiger partial charge in [-0.3, -0.25) is 0 Å². The van der Waals surface area contributed by atoms with E-state index in [0.717, 1.165) is 5.56 Å². The van der Waals surface area contributed by atoms with Crippen LogP contribution in [0, 0.1) is 0 Å². The van der Waals surface area contributed by atoms with Crippen LogP contribution in [-0.2, 0) is 16.4 Å². The van der Waals surface area contributed by atoms with Gasteiger partial charge in [-0.15, -0.1) is 0 Å². The van der Waals surface area contributed by atoms with Crippen molar-refractivity contribution in [1.82, 2.24) is 14.4 Å². The molecule has 8 nitrogen and oxygen atoms in total. The number of sulfonamides is 1. The van der Waals surface area contributed by atoms with Gasteiger partial charge in [0.2, 0.25) is 10.0 Å². The molecule has 0 atom stereocenters. The smallest absolute Gasteiger partial charge is 0.387 e. The molecular weight excluding hydrogens is 430 g/mol. The van der Waals surface area contributed by atoms with Gasteiger partial charge >= 0.3 is 12.6 Å². The van der Waals surface area contributed by atoms with Crippen LogP contribution in [0.4, 0.5) is 14.8 Å². The molecule has 0 unspecified atom stereocenters. The van der Waals surface area contributed by atoms with Crippen molar-refractivity contribution < 1.29 is 26.5 Å². The van der Waals surface area contributed by atoms with E-state index in [-0.39, 0.29) is 23.7 Å². The normalized spacial score (nSPS) is 15.4. The molecule has 4 rings (SSSR count). The number of hydrogen-bond donors (Lipinski definition) is 0. The highest BCUT2D eigenvalue weighted by Gasteiger charge is 2.30. The first kappa shape index (κ1) is 21.2. The van der Waals surface area contributed by atoms with Crippen LogP contribution in [-0.4, -0.2) is 55.7 Å². The molecule has 3 aromatic rings. The Morgan fingerprint density at radius 3 is 2.32 bits per heavy atom. The van der Waals surface area contributed by atoms with E-state index in [1.54, 1.807) is 0 Å². The summed E-state index contributed by atoms with van der Waals surface area (Å²) in [5, 5.41) is 4.01. The Kier molecular flexibility index (Phi) is 6.14. The topological polar surface area (TPSA) is 88.8 Å². The Balaban J connectivity index is 1.37. The molecule has 1 fully saturated rings. The van der Waals surface area contributed by atoms with Gasteiger partial charge < -0.3 is 14.2 Å². The van der Waals surface area contributed by atoms with E-state index in [1.165, 1.54) is 28.6 Å². The van der Waals surface area contributed by atoms with E-state index in [0.29, 0.717) is 31.3 Å². The molecular formula is C20H20F2N4O4S. The van der Waals surface area contributed by atoms with Gasteiger partial charge in [-0.2, -0.15) is 18.1 Å². The van der Waals surface area contributed by atoms with Crippen molar-refractivity contribution in [3.8, 4) is 5.75 Å². The van der Waals surface area contributed by atoms with Gasteiger partial charge in [0.25, 0.3) is 0 Å². The van der Waals surface area contributed by atoms with Crippen LogP contribution in [0.2, 0.25) is 0 Å². The number of anilines is 1. The lowest BCUT2D eigenvalue weighted by Crippen LogP contribution is -2.48. The number of ether oxygens (including phenoxy) is 1. The fraction of sp³-hybridized carbons (Fsp3) is 0.300. The van der Waals surface area contributed by atoms with Crippen LogP contribution in [0.5, 0.6) is 5.75 Å². The number of halogens is 2. The zero-order valence-electron chi connectivity index (χ0n) is 16.4. The molecule has 31 heavy (non-hydrogen) atoms. The number of nitrogens with zero attached hydrogens (tertiary/aromatic N) is 4. The van der Waals surface area contributed by atoms with Crippen molar-refractivity contribution in [3.63, 3.8) is 0 Å². The fourth-order valence-electron chi connectivity index (χ4n) is 3.29. The van der Waals surface area contributed by atoms with Gasteiger partial charge in [-0.05, 0) is 29.8 Å². The third kappa shape index (κ3) is 5.00. The predicted octanol–water partition coefficient (Wildman–Crippen LogP) is 2.77. The zero-order valence-corrected chi connectivity index (χ0v) is 17.2. The maximum Gasteiger partial charge on any atom is 0.387 e. The second-order valence-electron chi connectivity index (χ2n) is 6.90. The van der Waals surface area contributed by atoms with E-state index in [4.69, 9.17) is 4.52 Å². The molecule has 2 aromatic carbocycles. The molecule has 0 radical (unpaired) electrons. The molecule has 11 heteroatoms. The van der Waals surface area contributed by atoms with E-state index in [9.17, 15) is 17.2 Å². The van der Waals surface area contributed by atoms with Gasteiger partial charge in [0, 0.05) is 32.6 Å². The third-order valence-corrected chi connectivity index (χ3v) is 6.77. The van der Waals surface area contributed by atoms with E-state index >= 15 is 0 Å². The molecule has 0 N–H and O–H groups in total. The lowest BCUT2D eigenvalue weighted by molar-refractivity contribution is -0.0498. The molecule has 1 aliphatic heterocycles. The number of piperazine rings is 1. The molecule has 164 valence electrons. The lowest BCUT2D eigenvalue weighted by atomic mass is 10.1. The quantitative estimate of drug-likeness (QED) is 0.547. The molecule has 0 spiro atoms. The Labute approximate surface area is 178 Å². The fourth-order valence-corrected chi connectivity index (χ4v) is 4.71. The van der Waals surface area contributed by atoms with Crippen LogP contribution in [0.25, 0.3) is 0 Å². The number of aromatic nitrogens is 2. The Morgan fingerprint density at radius 2 is 1.68 bits per heavy atom. The summed E-state index contributed by atoms with van der Waals surface area (Å²) in [6, 6.07) is 15.1. The Hall–Kier alpha value is -3.05. The van der Waals surface area contributed by atoms with Crippen LogP contribution in [0.1, 0.15) is 11.4 Å². The predicted molar refractivity (Wildman–Crippen MR) is 108 cm³/mol.